The molecule has 2 aromatic rings. The summed E-state index contributed by atoms with van der Waals surface area (Å²) in [7, 11) is 1.65. The molecule has 0 spiro atoms. The molecule has 36 heavy (non-hydrogen) atoms. The van der Waals surface area contributed by atoms with Gasteiger partial charge in [-0.25, -0.2) is 4.68 Å². The van der Waals surface area contributed by atoms with E-state index >= 15 is 0 Å². The van der Waals surface area contributed by atoms with Crippen molar-refractivity contribution in [1.29, 1.82) is 0 Å². The third-order valence-electron chi connectivity index (χ3n) is 7.78. The van der Waals surface area contributed by atoms with Crippen molar-refractivity contribution in [3.8, 4) is 5.75 Å². The number of ether oxygens (including phenoxy) is 1. The van der Waals surface area contributed by atoms with Gasteiger partial charge in [0.1, 0.15) is 17.8 Å². The summed E-state index contributed by atoms with van der Waals surface area (Å²) in [5.41, 5.74) is 1.71. The van der Waals surface area contributed by atoms with Gasteiger partial charge in [0.15, 0.2) is 0 Å². The van der Waals surface area contributed by atoms with Gasteiger partial charge in [0.05, 0.1) is 18.9 Å². The Morgan fingerprint density at radius 1 is 1.11 bits per heavy atom. The summed E-state index contributed by atoms with van der Waals surface area (Å²) >= 11 is 0. The lowest BCUT2D eigenvalue weighted by Crippen LogP contribution is -2.53. The van der Waals surface area contributed by atoms with Gasteiger partial charge in [-0.05, 0) is 54.7 Å². The predicted molar refractivity (Wildman–Crippen MR) is 134 cm³/mol. The van der Waals surface area contributed by atoms with Gasteiger partial charge in [-0.3, -0.25) is 9.59 Å². The van der Waals surface area contributed by atoms with Gasteiger partial charge in [0.2, 0.25) is 11.8 Å². The SMILES string of the molecule is COc1ccc(C2CC(NC(=O)[C@@H]3C[C@@H](O)CN3C(=O)[C@@H](n3cc(C4CC4)nn3)C(C)(C)C)C2)cc1. The molecule has 2 saturated carbocycles. The van der Waals surface area contributed by atoms with Crippen LogP contribution in [-0.2, 0) is 9.59 Å². The highest BCUT2D eigenvalue weighted by atomic mass is 16.5. The average Bonchev–Trinajstić information content (AvgIpc) is 3.42. The Labute approximate surface area is 212 Å². The van der Waals surface area contributed by atoms with Gasteiger partial charge in [0.25, 0.3) is 0 Å². The molecule has 1 aromatic heterocycles. The van der Waals surface area contributed by atoms with E-state index in [2.05, 4.69) is 27.8 Å². The number of aliphatic hydroxyl groups is 1. The minimum atomic E-state index is -0.725. The van der Waals surface area contributed by atoms with E-state index in [9.17, 15) is 14.7 Å². The van der Waals surface area contributed by atoms with Crippen molar-refractivity contribution < 1.29 is 19.4 Å². The fourth-order valence-electron chi connectivity index (χ4n) is 5.51. The van der Waals surface area contributed by atoms with Crippen molar-refractivity contribution in [3.63, 3.8) is 0 Å². The van der Waals surface area contributed by atoms with Crippen LogP contribution in [0.2, 0.25) is 0 Å². The molecule has 0 radical (unpaired) electrons. The van der Waals surface area contributed by atoms with Crippen LogP contribution >= 0.6 is 0 Å². The summed E-state index contributed by atoms with van der Waals surface area (Å²) in [6.07, 6.45) is 5.32. The lowest BCUT2D eigenvalue weighted by molar-refractivity contribution is -0.144. The number of nitrogens with zero attached hydrogens (tertiary/aromatic N) is 4. The molecule has 1 saturated heterocycles. The summed E-state index contributed by atoms with van der Waals surface area (Å²) < 4.78 is 6.88. The molecular weight excluding hydrogens is 458 g/mol. The lowest BCUT2D eigenvalue weighted by atomic mass is 9.76. The molecule has 9 heteroatoms. The Balaban J connectivity index is 1.24. The van der Waals surface area contributed by atoms with E-state index in [1.807, 2.05) is 39.1 Å². The standard InChI is InChI=1S/C27H37N5O4/c1-27(2,3)24(32-15-22(29-30-32)17-5-6-17)26(35)31-14-20(33)13-23(31)25(34)28-19-11-18(12-19)16-7-9-21(36-4)10-8-16/h7-10,15,17-20,23-24,33H,5-6,11-14H2,1-4H3,(H,28,34)/t18?,19?,20-,23+,24-/m1/s1. The minimum Gasteiger partial charge on any atom is -0.497 e. The van der Waals surface area contributed by atoms with Crippen LogP contribution in [-0.4, -0.2) is 68.7 Å². The van der Waals surface area contributed by atoms with Crippen LogP contribution in [0, 0.1) is 5.41 Å². The van der Waals surface area contributed by atoms with Crippen LogP contribution < -0.4 is 10.1 Å². The molecule has 0 bridgehead atoms. The highest BCUT2D eigenvalue weighted by molar-refractivity contribution is 5.90. The first-order valence-electron chi connectivity index (χ1n) is 13.0. The van der Waals surface area contributed by atoms with Gasteiger partial charge in [-0.2, -0.15) is 0 Å². The summed E-state index contributed by atoms with van der Waals surface area (Å²) in [5.74, 6) is 1.27. The second kappa shape index (κ2) is 9.50. The Hall–Kier alpha value is -2.94. The molecule has 2 heterocycles. The number of hydrogen-bond donors (Lipinski definition) is 2. The fourth-order valence-corrected chi connectivity index (χ4v) is 5.51. The number of amides is 2. The molecule has 2 N–H and O–H groups in total. The van der Waals surface area contributed by atoms with Gasteiger partial charge >= 0.3 is 0 Å². The molecule has 9 nitrogen and oxygen atoms in total. The molecule has 5 rings (SSSR count). The van der Waals surface area contributed by atoms with E-state index in [0.29, 0.717) is 11.8 Å². The first kappa shape index (κ1) is 24.7. The number of likely N-dealkylation sites (tertiary alicyclic amines) is 1. The van der Waals surface area contributed by atoms with E-state index in [0.717, 1.165) is 37.1 Å². The molecule has 3 atom stereocenters. The number of hydrogen-bond acceptors (Lipinski definition) is 6. The molecule has 3 fully saturated rings. The van der Waals surface area contributed by atoms with Crippen LogP contribution in [0.25, 0.3) is 0 Å². The summed E-state index contributed by atoms with van der Waals surface area (Å²) in [5, 5.41) is 22.1. The van der Waals surface area contributed by atoms with Gasteiger partial charge in [-0.15, -0.1) is 5.10 Å². The number of nitrogens with one attached hydrogen (secondary N) is 1. The Morgan fingerprint density at radius 3 is 2.42 bits per heavy atom. The molecule has 3 aliphatic rings. The Bertz CT molecular complexity index is 1100. The summed E-state index contributed by atoms with van der Waals surface area (Å²) in [6.45, 7) is 6.11. The first-order valence-corrected chi connectivity index (χ1v) is 13.0. The molecule has 2 aliphatic carbocycles. The largest absolute Gasteiger partial charge is 0.497 e. The highest BCUT2D eigenvalue weighted by Crippen LogP contribution is 2.41. The van der Waals surface area contributed by atoms with Gasteiger partial charge in [0, 0.05) is 31.1 Å². The maximum atomic E-state index is 13.8. The zero-order valence-electron chi connectivity index (χ0n) is 21.6. The Morgan fingerprint density at radius 2 is 1.81 bits per heavy atom. The normalized spacial score (nSPS) is 26.9. The second-order valence-corrected chi connectivity index (χ2v) is 11.7. The van der Waals surface area contributed by atoms with Crippen molar-refractivity contribution in [2.75, 3.05) is 13.7 Å². The topological polar surface area (TPSA) is 110 Å². The molecular formula is C27H37N5O4. The lowest BCUT2D eigenvalue weighted by Gasteiger charge is -2.38. The van der Waals surface area contributed by atoms with Crippen molar-refractivity contribution in [2.45, 2.75) is 88.9 Å². The predicted octanol–water partition coefficient (Wildman–Crippen LogP) is 2.78. The summed E-state index contributed by atoms with van der Waals surface area (Å²) in [4.78, 5) is 28.7. The number of aromatic nitrogens is 3. The van der Waals surface area contributed by atoms with Crippen LogP contribution in [0.15, 0.2) is 30.5 Å². The second-order valence-electron chi connectivity index (χ2n) is 11.7. The van der Waals surface area contributed by atoms with Crippen molar-refractivity contribution in [3.05, 3.63) is 41.7 Å². The van der Waals surface area contributed by atoms with Crippen molar-refractivity contribution in [2.24, 2.45) is 5.41 Å². The van der Waals surface area contributed by atoms with E-state index < -0.39 is 23.6 Å². The van der Waals surface area contributed by atoms with E-state index in [1.165, 1.54) is 5.56 Å². The van der Waals surface area contributed by atoms with Crippen LogP contribution in [0.5, 0.6) is 5.75 Å². The number of carbonyl (C=O) groups is 2. The van der Waals surface area contributed by atoms with E-state index in [-0.39, 0.29) is 30.8 Å². The fraction of sp³-hybridized carbons (Fsp3) is 0.630. The third-order valence-corrected chi connectivity index (χ3v) is 7.78. The molecule has 1 aliphatic heterocycles. The maximum Gasteiger partial charge on any atom is 0.248 e. The number of benzene rings is 1. The molecule has 1 aromatic carbocycles. The average molecular weight is 496 g/mol. The smallest absolute Gasteiger partial charge is 0.248 e. The zero-order chi connectivity index (χ0) is 25.6. The number of β-amino-alcohol motifs (C(OH)–C–C–N with tert-alkyl or cyclic N) is 1. The van der Waals surface area contributed by atoms with Crippen LogP contribution in [0.1, 0.15) is 82.0 Å². The van der Waals surface area contributed by atoms with Crippen LogP contribution in [0.3, 0.4) is 0 Å². The van der Waals surface area contributed by atoms with Crippen molar-refractivity contribution >= 4 is 11.8 Å². The number of aliphatic hydroxyl groups excluding tert-OH is 1. The maximum absolute atomic E-state index is 13.8. The summed E-state index contributed by atoms with van der Waals surface area (Å²) in [6, 6.07) is 6.82. The number of carbonyl (C=O) groups excluding carboxylic acids is 2. The van der Waals surface area contributed by atoms with E-state index in [4.69, 9.17) is 4.74 Å². The molecule has 2 amide bonds. The van der Waals surface area contributed by atoms with Gasteiger partial charge in [-0.1, -0.05) is 38.1 Å². The molecule has 194 valence electrons. The number of methoxy groups -OCH3 is 1. The first-order chi connectivity index (χ1) is 17.1. The minimum absolute atomic E-state index is 0.0640. The monoisotopic (exact) mass is 495 g/mol. The zero-order valence-corrected chi connectivity index (χ0v) is 21.6. The van der Waals surface area contributed by atoms with Crippen LogP contribution in [0.4, 0.5) is 0 Å². The van der Waals surface area contributed by atoms with Gasteiger partial charge < -0.3 is 20.1 Å². The van der Waals surface area contributed by atoms with E-state index in [1.54, 1.807) is 16.7 Å². The quantitative estimate of drug-likeness (QED) is 0.611. The molecule has 0 unspecified atom stereocenters. The Kier molecular flexibility index (Phi) is 6.53. The highest BCUT2D eigenvalue weighted by Gasteiger charge is 2.46. The van der Waals surface area contributed by atoms with Crippen molar-refractivity contribution in [1.82, 2.24) is 25.2 Å². The number of rotatable bonds is 7. The third kappa shape index (κ3) is 4.98.